The predicted octanol–water partition coefficient (Wildman–Crippen LogP) is 6.83. The first-order chi connectivity index (χ1) is 14.2. The van der Waals surface area contributed by atoms with Crippen LogP contribution in [0.5, 0.6) is 0 Å². The number of terminal acetylenes is 1. The highest BCUT2D eigenvalue weighted by atomic mass is 32.2. The molecule has 1 aliphatic rings. The van der Waals surface area contributed by atoms with Gasteiger partial charge in [-0.1, -0.05) is 42.3 Å². The minimum absolute atomic E-state index is 0.310. The van der Waals surface area contributed by atoms with E-state index < -0.39 is 5.60 Å². The first kappa shape index (κ1) is 18.0. The lowest BCUT2D eigenvalue weighted by atomic mass is 10.0. The van der Waals surface area contributed by atoms with Gasteiger partial charge in [0.25, 0.3) is 0 Å². The number of hydrogen-bond acceptors (Lipinski definition) is 2. The molecule has 1 heterocycles. The molecule has 142 valence electrons. The highest BCUT2D eigenvalue weighted by Gasteiger charge is 2.37. The third kappa shape index (κ3) is 2.92. The van der Waals surface area contributed by atoms with Crippen molar-refractivity contribution < 1.29 is 9.53 Å². The van der Waals surface area contributed by atoms with Crippen LogP contribution in [0.2, 0.25) is 0 Å². The Balaban J connectivity index is 1.69. The molecule has 0 amide bonds. The van der Waals surface area contributed by atoms with Crippen molar-refractivity contribution in [3.05, 3.63) is 78.4 Å². The van der Waals surface area contributed by atoms with Crippen LogP contribution in [0.4, 0.5) is 0 Å². The summed E-state index contributed by atoms with van der Waals surface area (Å²) in [5.74, 6) is 2.45. The van der Waals surface area contributed by atoms with Crippen molar-refractivity contribution in [2.75, 3.05) is 0 Å². The van der Waals surface area contributed by atoms with E-state index in [0.29, 0.717) is 5.56 Å². The van der Waals surface area contributed by atoms with Gasteiger partial charge < -0.3 is 4.74 Å². The van der Waals surface area contributed by atoms with Crippen molar-refractivity contribution in [2.45, 2.75) is 31.3 Å². The summed E-state index contributed by atoms with van der Waals surface area (Å²) in [5, 5.41) is 2.48. The maximum Gasteiger partial charge on any atom is 0.345 e. The molecule has 1 aromatic heterocycles. The number of hydrogen-bond donors (Lipinski definition) is 0. The fourth-order valence-electron chi connectivity index (χ4n) is 4.36. The zero-order chi connectivity index (χ0) is 19.8. The van der Waals surface area contributed by atoms with Crippen LogP contribution in [0.15, 0.2) is 72.8 Å². The van der Waals surface area contributed by atoms with Gasteiger partial charge in [0.2, 0.25) is 0 Å². The maximum atomic E-state index is 13.3. The van der Waals surface area contributed by atoms with E-state index in [2.05, 4.69) is 60.5 Å². The molecule has 1 aliphatic carbocycles. The Kier molecular flexibility index (Phi) is 4.38. The number of esters is 1. The lowest BCUT2D eigenvalue weighted by Gasteiger charge is -2.22. The summed E-state index contributed by atoms with van der Waals surface area (Å²) in [6.07, 6.45) is 9.25. The van der Waals surface area contributed by atoms with Crippen molar-refractivity contribution in [1.82, 2.24) is 0 Å². The summed E-state index contributed by atoms with van der Waals surface area (Å²) in [6.45, 7) is 0. The summed E-state index contributed by atoms with van der Waals surface area (Å²) in [4.78, 5) is 14.3. The number of carbonyl (C=O) groups excluding carboxylic acids is 1. The molecular formula is C26H21O2S+. The van der Waals surface area contributed by atoms with E-state index >= 15 is 0 Å². The second kappa shape index (κ2) is 7.06. The van der Waals surface area contributed by atoms with Crippen LogP contribution in [0.1, 0.15) is 36.0 Å². The molecule has 1 saturated carbocycles. The smallest absolute Gasteiger partial charge is 0.345 e. The van der Waals surface area contributed by atoms with Gasteiger partial charge in [-0.3, -0.25) is 0 Å². The van der Waals surface area contributed by atoms with Crippen molar-refractivity contribution in [3.8, 4) is 17.2 Å². The normalized spacial score (nSPS) is 15.4. The molecule has 3 heteroatoms. The molecule has 2 nitrogen and oxygen atoms in total. The average Bonchev–Trinajstić information content (AvgIpc) is 3.37. The Labute approximate surface area is 173 Å². The fraction of sp³-hybridized carbons (Fsp3) is 0.192. The van der Waals surface area contributed by atoms with Gasteiger partial charge >= 0.3 is 5.97 Å². The number of thiophene rings is 1. The van der Waals surface area contributed by atoms with Crippen LogP contribution in [-0.2, 0) is 4.74 Å². The number of rotatable bonds is 3. The largest absolute Gasteiger partial charge is 0.442 e. The van der Waals surface area contributed by atoms with E-state index in [4.69, 9.17) is 11.2 Å². The average molecular weight is 398 g/mol. The molecule has 0 N–H and O–H groups in total. The van der Waals surface area contributed by atoms with Crippen molar-refractivity contribution in [3.63, 3.8) is 0 Å². The first-order valence-corrected chi connectivity index (χ1v) is 11.2. The van der Waals surface area contributed by atoms with Crippen molar-refractivity contribution >= 4 is 36.6 Å². The third-order valence-corrected chi connectivity index (χ3v) is 8.18. The van der Waals surface area contributed by atoms with Gasteiger partial charge in [-0.25, -0.2) is 4.79 Å². The second-order valence-electron chi connectivity index (χ2n) is 7.53. The molecule has 0 atom stereocenters. The van der Waals surface area contributed by atoms with E-state index in [0.717, 1.165) is 30.6 Å². The second-order valence-corrected chi connectivity index (χ2v) is 9.46. The number of benzene rings is 3. The van der Waals surface area contributed by atoms with Gasteiger partial charge in [0, 0.05) is 21.2 Å². The van der Waals surface area contributed by atoms with Gasteiger partial charge in [0.15, 0.2) is 19.9 Å². The minimum Gasteiger partial charge on any atom is -0.442 e. The molecule has 0 unspecified atom stereocenters. The molecule has 4 aromatic rings. The van der Waals surface area contributed by atoms with Gasteiger partial charge in [-0.05, 0) is 62.1 Å². The standard InChI is InChI=1S/C26H21O2S/c1-2-26(17-9-10-18-26)28-25(27)21-13-5-8-16-24(21)29-22-14-6-3-11-19(22)20-12-4-7-15-23(20)29/h1,3-8,11-16H,9-10,17-18H2/q+1. The Morgan fingerprint density at radius 1 is 0.862 bits per heavy atom. The summed E-state index contributed by atoms with van der Waals surface area (Å²) >= 11 is 0. The van der Waals surface area contributed by atoms with Gasteiger partial charge in [0.1, 0.15) is 5.56 Å². The van der Waals surface area contributed by atoms with Crippen LogP contribution in [-0.4, -0.2) is 11.6 Å². The predicted molar refractivity (Wildman–Crippen MR) is 121 cm³/mol. The van der Waals surface area contributed by atoms with E-state index in [-0.39, 0.29) is 16.4 Å². The van der Waals surface area contributed by atoms with Crippen LogP contribution < -0.4 is 0 Å². The van der Waals surface area contributed by atoms with Crippen LogP contribution >= 0.6 is 10.5 Å². The van der Waals surface area contributed by atoms with Crippen LogP contribution in [0, 0.1) is 12.3 Å². The number of ether oxygens (including phenoxy) is 1. The van der Waals surface area contributed by atoms with E-state index in [1.165, 1.54) is 20.2 Å². The molecule has 0 saturated heterocycles. The highest BCUT2D eigenvalue weighted by Crippen LogP contribution is 2.49. The summed E-state index contributed by atoms with van der Waals surface area (Å²) in [6, 6.07) is 24.7. The molecule has 0 radical (unpaired) electrons. The zero-order valence-corrected chi connectivity index (χ0v) is 16.9. The molecule has 1 fully saturated rings. The Hall–Kier alpha value is -3.09. The summed E-state index contributed by atoms with van der Waals surface area (Å²) in [7, 11) is -0.344. The molecule has 0 spiro atoms. The maximum absolute atomic E-state index is 13.3. The monoisotopic (exact) mass is 397 g/mol. The minimum atomic E-state index is -0.751. The molecule has 29 heavy (non-hydrogen) atoms. The van der Waals surface area contributed by atoms with Crippen LogP contribution in [0.3, 0.4) is 0 Å². The third-order valence-electron chi connectivity index (χ3n) is 5.79. The van der Waals surface area contributed by atoms with Gasteiger partial charge in [-0.2, -0.15) is 0 Å². The molecule has 3 aromatic carbocycles. The molecule has 0 bridgehead atoms. The zero-order valence-electron chi connectivity index (χ0n) is 16.1. The Morgan fingerprint density at radius 2 is 1.41 bits per heavy atom. The highest BCUT2D eigenvalue weighted by molar-refractivity contribution is 7.50. The van der Waals surface area contributed by atoms with E-state index in [1.54, 1.807) is 0 Å². The van der Waals surface area contributed by atoms with Crippen molar-refractivity contribution in [1.29, 1.82) is 0 Å². The summed E-state index contributed by atoms with van der Waals surface area (Å²) < 4.78 is 8.44. The van der Waals surface area contributed by atoms with Gasteiger partial charge in [0.05, 0.1) is 0 Å². The van der Waals surface area contributed by atoms with Crippen molar-refractivity contribution in [2.24, 2.45) is 0 Å². The molecule has 0 aliphatic heterocycles. The quantitative estimate of drug-likeness (QED) is 0.215. The fourth-order valence-corrected chi connectivity index (χ4v) is 6.88. The Morgan fingerprint density at radius 3 is 2.03 bits per heavy atom. The van der Waals surface area contributed by atoms with E-state index in [1.807, 2.05) is 18.2 Å². The number of carbonyl (C=O) groups is 1. The molecule has 5 rings (SSSR count). The lowest BCUT2D eigenvalue weighted by Crippen LogP contribution is -2.30. The number of fused-ring (bicyclic) bond motifs is 3. The topological polar surface area (TPSA) is 26.3 Å². The summed E-state index contributed by atoms with van der Waals surface area (Å²) in [5.41, 5.74) is -0.137. The first-order valence-electron chi connectivity index (χ1n) is 9.95. The van der Waals surface area contributed by atoms with Crippen LogP contribution in [0.25, 0.3) is 25.1 Å². The Bertz CT molecular complexity index is 1220. The SMILES string of the molecule is C#CC1(OC(=O)c2ccccc2-[s+]2c3ccccc3c3ccccc32)CCCC1. The van der Waals surface area contributed by atoms with E-state index in [9.17, 15) is 4.79 Å². The lowest BCUT2D eigenvalue weighted by molar-refractivity contribution is 0.0105. The molecular weight excluding hydrogens is 376 g/mol. The van der Waals surface area contributed by atoms with Gasteiger partial charge in [-0.15, -0.1) is 6.42 Å².